The first-order valence-electron chi connectivity index (χ1n) is 10.3. The summed E-state index contributed by atoms with van der Waals surface area (Å²) in [7, 11) is 0. The molecule has 0 saturated carbocycles. The van der Waals surface area contributed by atoms with E-state index in [9.17, 15) is 27.2 Å². The fourth-order valence-corrected chi connectivity index (χ4v) is 4.13. The summed E-state index contributed by atoms with van der Waals surface area (Å²) in [5.41, 5.74) is 11.5. The normalized spacial score (nSPS) is 11.7. The van der Waals surface area contributed by atoms with E-state index in [1.54, 1.807) is 13.8 Å². The average Bonchev–Trinajstić information content (AvgIpc) is 3.04. The van der Waals surface area contributed by atoms with Crippen molar-refractivity contribution in [2.24, 2.45) is 11.5 Å². The second kappa shape index (κ2) is 8.49. The van der Waals surface area contributed by atoms with E-state index in [1.165, 1.54) is 28.9 Å². The molecule has 35 heavy (non-hydrogen) atoms. The maximum atomic E-state index is 14.8. The number of nitrogens with zero attached hydrogens (tertiary/aromatic N) is 3. The van der Waals surface area contributed by atoms with Crippen molar-refractivity contribution in [3.05, 3.63) is 82.1 Å². The average molecular weight is 485 g/mol. The summed E-state index contributed by atoms with van der Waals surface area (Å²) in [6, 6.07) is 8.53. The van der Waals surface area contributed by atoms with Crippen molar-refractivity contribution in [1.29, 1.82) is 0 Å². The zero-order chi connectivity index (χ0) is 25.7. The van der Waals surface area contributed by atoms with Crippen LogP contribution in [0.5, 0.6) is 0 Å². The number of carbonyl (C=O) groups is 2. The number of primary amides is 2. The van der Waals surface area contributed by atoms with Crippen molar-refractivity contribution in [3.8, 4) is 11.1 Å². The van der Waals surface area contributed by atoms with E-state index in [0.717, 1.165) is 18.2 Å². The summed E-state index contributed by atoms with van der Waals surface area (Å²) in [5, 5.41) is 4.27. The van der Waals surface area contributed by atoms with Crippen LogP contribution in [0.3, 0.4) is 0 Å². The number of nitrogens with two attached hydrogens (primary N) is 2. The van der Waals surface area contributed by atoms with Gasteiger partial charge in [0, 0.05) is 22.2 Å². The number of aromatic nitrogens is 3. The quantitative estimate of drug-likeness (QED) is 0.414. The molecule has 7 nitrogen and oxygen atoms in total. The molecule has 0 aliphatic heterocycles. The Morgan fingerprint density at radius 1 is 0.971 bits per heavy atom. The molecule has 2 heterocycles. The van der Waals surface area contributed by atoms with Crippen LogP contribution >= 0.6 is 0 Å². The maximum Gasteiger partial charge on any atom is 0.416 e. The van der Waals surface area contributed by atoms with Crippen molar-refractivity contribution in [2.45, 2.75) is 26.6 Å². The number of benzene rings is 2. The number of hydrogen-bond donors (Lipinski definition) is 2. The van der Waals surface area contributed by atoms with Crippen LogP contribution in [0.1, 0.15) is 43.4 Å². The van der Waals surface area contributed by atoms with E-state index in [4.69, 9.17) is 11.5 Å². The molecule has 0 atom stereocenters. The number of alkyl halides is 3. The molecule has 0 unspecified atom stereocenters. The molecule has 4 aromatic rings. The van der Waals surface area contributed by atoms with Crippen LogP contribution in [-0.4, -0.2) is 26.6 Å². The molecule has 2 aromatic heterocycles. The second-order valence-electron chi connectivity index (χ2n) is 7.97. The molecule has 4 rings (SSSR count). The Labute approximate surface area is 196 Å². The zero-order valence-electron chi connectivity index (χ0n) is 18.6. The van der Waals surface area contributed by atoms with Gasteiger partial charge in [-0.3, -0.25) is 14.3 Å². The minimum absolute atomic E-state index is 0.0313. The van der Waals surface area contributed by atoms with Gasteiger partial charge in [0.2, 0.25) is 5.91 Å². The van der Waals surface area contributed by atoms with E-state index in [1.807, 2.05) is 0 Å². The smallest absolute Gasteiger partial charge is 0.366 e. The molecule has 2 aromatic carbocycles. The van der Waals surface area contributed by atoms with Crippen molar-refractivity contribution in [1.82, 2.24) is 14.8 Å². The van der Waals surface area contributed by atoms with Gasteiger partial charge in [0.25, 0.3) is 5.91 Å². The van der Waals surface area contributed by atoms with Gasteiger partial charge in [-0.05, 0) is 43.7 Å². The van der Waals surface area contributed by atoms with Gasteiger partial charge in [0.1, 0.15) is 11.5 Å². The van der Waals surface area contributed by atoms with Crippen LogP contribution in [0.25, 0.3) is 22.0 Å². The number of pyridine rings is 1. The lowest BCUT2D eigenvalue weighted by Crippen LogP contribution is -2.21. The van der Waals surface area contributed by atoms with E-state index in [-0.39, 0.29) is 34.3 Å². The van der Waals surface area contributed by atoms with E-state index >= 15 is 0 Å². The number of rotatable bonds is 5. The molecule has 0 aliphatic carbocycles. The van der Waals surface area contributed by atoms with Crippen LogP contribution in [0.2, 0.25) is 0 Å². The summed E-state index contributed by atoms with van der Waals surface area (Å²) in [6.07, 6.45) is -4.46. The Hall–Kier alpha value is -4.28. The van der Waals surface area contributed by atoms with Crippen LogP contribution in [0.15, 0.2) is 42.5 Å². The van der Waals surface area contributed by atoms with Gasteiger partial charge >= 0.3 is 6.18 Å². The van der Waals surface area contributed by atoms with Crippen molar-refractivity contribution in [3.63, 3.8) is 0 Å². The molecule has 0 saturated heterocycles. The largest absolute Gasteiger partial charge is 0.416 e. The molecular weight excluding hydrogens is 466 g/mol. The molecule has 2 amide bonds. The predicted octanol–water partition coefficient (Wildman–Crippen LogP) is 4.12. The third-order valence-electron chi connectivity index (χ3n) is 5.69. The number of fused-ring (bicyclic) bond motifs is 1. The maximum absolute atomic E-state index is 14.8. The highest BCUT2D eigenvalue weighted by Gasteiger charge is 2.31. The Kier molecular flexibility index (Phi) is 5.79. The Bertz CT molecular complexity index is 1490. The summed E-state index contributed by atoms with van der Waals surface area (Å²) < 4.78 is 54.9. The molecule has 0 spiro atoms. The highest BCUT2D eigenvalue weighted by Crippen LogP contribution is 2.37. The Morgan fingerprint density at radius 2 is 1.63 bits per heavy atom. The van der Waals surface area contributed by atoms with E-state index in [2.05, 4.69) is 10.1 Å². The molecule has 4 N–H and O–H groups in total. The summed E-state index contributed by atoms with van der Waals surface area (Å²) in [6.45, 7) is 3.34. The van der Waals surface area contributed by atoms with Crippen LogP contribution in [0.4, 0.5) is 17.6 Å². The molecule has 0 aliphatic rings. The minimum atomic E-state index is -4.46. The fraction of sp³-hybridized carbons (Fsp3) is 0.167. The molecule has 11 heteroatoms. The van der Waals surface area contributed by atoms with Crippen molar-refractivity contribution < 1.29 is 27.2 Å². The van der Waals surface area contributed by atoms with Crippen LogP contribution < -0.4 is 11.5 Å². The van der Waals surface area contributed by atoms with Gasteiger partial charge in [-0.15, -0.1) is 0 Å². The first kappa shape index (κ1) is 23.9. The minimum Gasteiger partial charge on any atom is -0.366 e. The second-order valence-corrected chi connectivity index (χ2v) is 7.97. The number of amides is 2. The lowest BCUT2D eigenvalue weighted by molar-refractivity contribution is -0.137. The first-order valence-corrected chi connectivity index (χ1v) is 10.3. The van der Waals surface area contributed by atoms with Gasteiger partial charge < -0.3 is 11.5 Å². The highest BCUT2D eigenvalue weighted by molar-refractivity contribution is 6.15. The lowest BCUT2D eigenvalue weighted by atomic mass is 9.92. The number of hydrogen-bond acceptors (Lipinski definition) is 4. The highest BCUT2D eigenvalue weighted by atomic mass is 19.4. The van der Waals surface area contributed by atoms with Crippen LogP contribution in [0, 0.1) is 19.7 Å². The lowest BCUT2D eigenvalue weighted by Gasteiger charge is -2.15. The number of halogens is 4. The van der Waals surface area contributed by atoms with Gasteiger partial charge in [-0.1, -0.05) is 18.2 Å². The topological polar surface area (TPSA) is 117 Å². The van der Waals surface area contributed by atoms with Gasteiger partial charge in [0.15, 0.2) is 0 Å². The molecule has 180 valence electrons. The fourth-order valence-electron chi connectivity index (χ4n) is 4.13. The molecular formula is C24H19F4N5O2. The number of carbonyl (C=O) groups excluding carboxylic acids is 2. The first-order chi connectivity index (χ1) is 16.4. The third-order valence-corrected chi connectivity index (χ3v) is 5.69. The molecule has 0 fully saturated rings. The van der Waals surface area contributed by atoms with Crippen molar-refractivity contribution in [2.75, 3.05) is 0 Å². The summed E-state index contributed by atoms with van der Waals surface area (Å²) in [5.74, 6) is -2.70. The monoisotopic (exact) mass is 485 g/mol. The Morgan fingerprint density at radius 3 is 2.20 bits per heavy atom. The van der Waals surface area contributed by atoms with Gasteiger partial charge in [-0.25, -0.2) is 9.37 Å². The van der Waals surface area contributed by atoms with Gasteiger partial charge in [0.05, 0.1) is 28.9 Å². The van der Waals surface area contributed by atoms with Crippen LogP contribution in [-0.2, 0) is 12.7 Å². The van der Waals surface area contributed by atoms with E-state index in [0.29, 0.717) is 22.5 Å². The van der Waals surface area contributed by atoms with Crippen molar-refractivity contribution >= 4 is 22.7 Å². The zero-order valence-corrected chi connectivity index (χ0v) is 18.6. The molecule has 0 bridgehead atoms. The number of aryl methyl sites for hydroxylation is 1. The predicted molar refractivity (Wildman–Crippen MR) is 120 cm³/mol. The van der Waals surface area contributed by atoms with Gasteiger partial charge in [-0.2, -0.15) is 18.3 Å². The summed E-state index contributed by atoms with van der Waals surface area (Å²) in [4.78, 5) is 29.0. The molecule has 0 radical (unpaired) electrons. The SMILES string of the molecule is Cc1nn(Cc2ccc(C(F)(F)F)cc2)c(C)c1-c1c(C(N)=O)nc2cccc(F)c2c1C(N)=O. The van der Waals surface area contributed by atoms with E-state index < -0.39 is 29.4 Å². The summed E-state index contributed by atoms with van der Waals surface area (Å²) >= 11 is 0. The standard InChI is InChI=1S/C24H19F4N5O2/c1-11-17(12(2)33(32-11)10-13-6-8-14(9-7-13)24(26,27)28)19-20(22(29)34)18-15(25)4-3-5-16(18)31-21(19)23(30)35/h3-9H,10H2,1-2H3,(H2,29,34)(H2,30,35). The Balaban J connectivity index is 1.92. The third kappa shape index (κ3) is 4.20.